The van der Waals surface area contributed by atoms with Gasteiger partial charge in [0.25, 0.3) is 0 Å². The Kier molecular flexibility index (Phi) is 3.33. The van der Waals surface area contributed by atoms with Crippen LogP contribution in [0.25, 0.3) is 0 Å². The zero-order valence-corrected chi connectivity index (χ0v) is 5.30. The molecule has 1 rings (SSSR count). The van der Waals surface area contributed by atoms with E-state index >= 15 is 0 Å². The molecule has 0 radical (unpaired) electrons. The van der Waals surface area contributed by atoms with Crippen LogP contribution in [0.5, 0.6) is 0 Å². The van der Waals surface area contributed by atoms with Crippen LogP contribution in [0.2, 0.25) is 0 Å². The second kappa shape index (κ2) is 3.81. The lowest BCUT2D eigenvalue weighted by Gasteiger charge is -1.78. The predicted molar refractivity (Wildman–Crippen MR) is 34.0 cm³/mol. The molecule has 1 aromatic heterocycles. The van der Waals surface area contributed by atoms with Crippen LogP contribution in [0.3, 0.4) is 0 Å². The molecule has 1 aromatic rings. The van der Waals surface area contributed by atoms with E-state index in [0.717, 1.165) is 0 Å². The maximum absolute atomic E-state index is 8.19. The van der Waals surface area contributed by atoms with Gasteiger partial charge < -0.3 is 0 Å². The fourth-order valence-corrected chi connectivity index (χ4v) is 0.361. The van der Waals surface area contributed by atoms with E-state index in [0.29, 0.717) is 5.69 Å². The lowest BCUT2D eigenvalue weighted by atomic mass is 10.4. The third-order valence-electron chi connectivity index (χ3n) is 0.687. The first-order valence-corrected chi connectivity index (χ1v) is 2.11. The minimum absolute atomic E-state index is 0. The number of nitriles is 1. The average molecular weight is 142 g/mol. The standard InChI is InChI=1S/C5H3N3.ClH/c6-4-5-2-1-3-7-8-5;/h1-3H;1H. The summed E-state index contributed by atoms with van der Waals surface area (Å²) in [5.41, 5.74) is 0.354. The van der Waals surface area contributed by atoms with Gasteiger partial charge >= 0.3 is 0 Å². The van der Waals surface area contributed by atoms with Crippen molar-refractivity contribution in [2.24, 2.45) is 0 Å². The fourth-order valence-electron chi connectivity index (χ4n) is 0.361. The van der Waals surface area contributed by atoms with Gasteiger partial charge in [-0.15, -0.1) is 17.5 Å². The third-order valence-corrected chi connectivity index (χ3v) is 0.687. The molecule has 0 saturated carbocycles. The minimum atomic E-state index is 0. The maximum Gasteiger partial charge on any atom is 0.163 e. The highest BCUT2D eigenvalue weighted by Crippen LogP contribution is 1.83. The first kappa shape index (κ1) is 7.86. The highest BCUT2D eigenvalue weighted by molar-refractivity contribution is 5.85. The first-order valence-electron chi connectivity index (χ1n) is 2.11. The molecule has 46 valence electrons. The second-order valence-electron chi connectivity index (χ2n) is 1.22. The molecular formula is C5H4ClN3. The monoisotopic (exact) mass is 141 g/mol. The van der Waals surface area contributed by atoms with Crippen molar-refractivity contribution >= 4 is 12.4 Å². The second-order valence-corrected chi connectivity index (χ2v) is 1.22. The van der Waals surface area contributed by atoms with Gasteiger partial charge in [0.15, 0.2) is 5.69 Å². The average Bonchev–Trinajstić information content (AvgIpc) is 1.90. The van der Waals surface area contributed by atoms with Gasteiger partial charge in [0, 0.05) is 6.20 Å². The maximum atomic E-state index is 8.19. The molecule has 0 bridgehead atoms. The van der Waals surface area contributed by atoms with Crippen LogP contribution in [0.1, 0.15) is 5.69 Å². The molecule has 0 saturated heterocycles. The van der Waals surface area contributed by atoms with E-state index in [2.05, 4.69) is 10.2 Å². The van der Waals surface area contributed by atoms with Gasteiger partial charge in [-0.25, -0.2) is 0 Å². The number of hydrogen-bond donors (Lipinski definition) is 0. The van der Waals surface area contributed by atoms with E-state index in [4.69, 9.17) is 5.26 Å². The summed E-state index contributed by atoms with van der Waals surface area (Å²) in [4.78, 5) is 0. The van der Waals surface area contributed by atoms with E-state index < -0.39 is 0 Å². The molecule has 0 aliphatic rings. The van der Waals surface area contributed by atoms with Crippen molar-refractivity contribution in [1.82, 2.24) is 10.2 Å². The Bertz CT molecular complexity index is 203. The molecule has 0 atom stereocenters. The van der Waals surface area contributed by atoms with E-state index in [1.165, 1.54) is 6.20 Å². The Balaban J connectivity index is 0.000000640. The first-order chi connectivity index (χ1) is 3.93. The Morgan fingerprint density at radius 2 is 2.33 bits per heavy atom. The van der Waals surface area contributed by atoms with Crippen LogP contribution < -0.4 is 0 Å². The Morgan fingerprint density at radius 1 is 1.56 bits per heavy atom. The number of nitrogens with zero attached hydrogens (tertiary/aromatic N) is 3. The SMILES string of the molecule is Cl.N#Cc1cccnn1. The molecule has 4 heteroatoms. The van der Waals surface area contributed by atoms with Gasteiger partial charge in [-0.3, -0.25) is 0 Å². The number of rotatable bonds is 0. The zero-order chi connectivity index (χ0) is 5.82. The van der Waals surface area contributed by atoms with E-state index in [1.54, 1.807) is 12.1 Å². The summed E-state index contributed by atoms with van der Waals surface area (Å²) in [6.45, 7) is 0. The van der Waals surface area contributed by atoms with Crippen molar-refractivity contribution in [3.8, 4) is 6.07 Å². The summed E-state index contributed by atoms with van der Waals surface area (Å²) in [5, 5.41) is 15.2. The summed E-state index contributed by atoms with van der Waals surface area (Å²) >= 11 is 0. The van der Waals surface area contributed by atoms with Gasteiger partial charge in [0.05, 0.1) is 0 Å². The van der Waals surface area contributed by atoms with Gasteiger partial charge in [0.2, 0.25) is 0 Å². The largest absolute Gasteiger partial charge is 0.191 e. The quantitative estimate of drug-likeness (QED) is 0.536. The highest BCUT2D eigenvalue weighted by atomic mass is 35.5. The molecule has 0 aromatic carbocycles. The predicted octanol–water partition coefficient (Wildman–Crippen LogP) is 0.770. The fraction of sp³-hybridized carbons (Fsp3) is 0. The molecule has 0 N–H and O–H groups in total. The molecule has 3 nitrogen and oxygen atoms in total. The molecule has 0 unspecified atom stereocenters. The van der Waals surface area contributed by atoms with Crippen LogP contribution in [-0.4, -0.2) is 10.2 Å². The van der Waals surface area contributed by atoms with Crippen LogP contribution in [0.4, 0.5) is 0 Å². The van der Waals surface area contributed by atoms with Gasteiger partial charge in [-0.2, -0.15) is 10.4 Å². The van der Waals surface area contributed by atoms with Crippen molar-refractivity contribution in [2.75, 3.05) is 0 Å². The number of halogens is 1. The number of hydrogen-bond acceptors (Lipinski definition) is 3. The Morgan fingerprint density at radius 3 is 2.67 bits per heavy atom. The van der Waals surface area contributed by atoms with E-state index in [-0.39, 0.29) is 12.4 Å². The van der Waals surface area contributed by atoms with Crippen LogP contribution in [-0.2, 0) is 0 Å². The van der Waals surface area contributed by atoms with E-state index in [1.807, 2.05) is 6.07 Å². The molecule has 1 heterocycles. The summed E-state index contributed by atoms with van der Waals surface area (Å²) in [6.07, 6.45) is 1.53. The summed E-state index contributed by atoms with van der Waals surface area (Å²) in [5.74, 6) is 0. The van der Waals surface area contributed by atoms with Crippen molar-refractivity contribution in [3.63, 3.8) is 0 Å². The third kappa shape index (κ3) is 2.06. The molecule has 0 aliphatic heterocycles. The van der Waals surface area contributed by atoms with Crippen molar-refractivity contribution in [3.05, 3.63) is 24.0 Å². The normalized spacial score (nSPS) is 7.00. The van der Waals surface area contributed by atoms with Gasteiger partial charge in [-0.05, 0) is 12.1 Å². The summed E-state index contributed by atoms with van der Waals surface area (Å²) in [7, 11) is 0. The van der Waals surface area contributed by atoms with Crippen LogP contribution >= 0.6 is 12.4 Å². The van der Waals surface area contributed by atoms with Gasteiger partial charge in [0.1, 0.15) is 6.07 Å². The zero-order valence-electron chi connectivity index (χ0n) is 4.48. The molecule has 0 aliphatic carbocycles. The lowest BCUT2D eigenvalue weighted by Crippen LogP contribution is -1.81. The topological polar surface area (TPSA) is 49.6 Å². The molecule has 0 fully saturated rings. The molecular weight excluding hydrogens is 138 g/mol. The smallest absolute Gasteiger partial charge is 0.163 e. The van der Waals surface area contributed by atoms with Crippen LogP contribution in [0, 0.1) is 11.3 Å². The van der Waals surface area contributed by atoms with Crippen molar-refractivity contribution < 1.29 is 0 Å². The van der Waals surface area contributed by atoms with Crippen molar-refractivity contribution in [2.45, 2.75) is 0 Å². The van der Waals surface area contributed by atoms with E-state index in [9.17, 15) is 0 Å². The number of aromatic nitrogens is 2. The Labute approximate surface area is 58.7 Å². The molecule has 0 spiro atoms. The highest BCUT2D eigenvalue weighted by Gasteiger charge is 1.82. The van der Waals surface area contributed by atoms with Crippen molar-refractivity contribution in [1.29, 1.82) is 5.26 Å². The van der Waals surface area contributed by atoms with Gasteiger partial charge in [-0.1, -0.05) is 0 Å². The molecule has 0 amide bonds. The lowest BCUT2D eigenvalue weighted by molar-refractivity contribution is 1.01. The summed E-state index contributed by atoms with van der Waals surface area (Å²) < 4.78 is 0. The Hall–Kier alpha value is -1.14. The minimum Gasteiger partial charge on any atom is -0.191 e. The molecule has 9 heavy (non-hydrogen) atoms. The van der Waals surface area contributed by atoms with Crippen LogP contribution in [0.15, 0.2) is 18.3 Å². The summed E-state index contributed by atoms with van der Waals surface area (Å²) in [6, 6.07) is 5.13.